The molecular formula is C15H14ClNO2. The SMILES string of the molecule is Cc1ccc(COC(=O)c2ccc(Cl)cc2N)cc1. The first-order chi connectivity index (χ1) is 9.06. The Balaban J connectivity index is 2.03. The number of carbonyl (C=O) groups is 1. The zero-order valence-corrected chi connectivity index (χ0v) is 11.3. The number of aryl methyl sites for hydroxylation is 1. The van der Waals surface area contributed by atoms with E-state index in [1.165, 1.54) is 6.07 Å². The second-order valence-electron chi connectivity index (χ2n) is 4.29. The quantitative estimate of drug-likeness (QED) is 0.688. The summed E-state index contributed by atoms with van der Waals surface area (Å²) >= 11 is 5.78. The average molecular weight is 276 g/mol. The molecule has 0 aliphatic heterocycles. The molecule has 0 amide bonds. The number of hydrogen-bond donors (Lipinski definition) is 1. The molecule has 3 nitrogen and oxygen atoms in total. The van der Waals surface area contributed by atoms with Crippen molar-refractivity contribution in [1.29, 1.82) is 0 Å². The molecule has 0 spiro atoms. The highest BCUT2D eigenvalue weighted by atomic mass is 35.5. The van der Waals surface area contributed by atoms with Gasteiger partial charge < -0.3 is 10.5 Å². The van der Waals surface area contributed by atoms with Crippen molar-refractivity contribution in [2.75, 3.05) is 5.73 Å². The first kappa shape index (κ1) is 13.4. The lowest BCUT2D eigenvalue weighted by Crippen LogP contribution is -2.08. The Kier molecular flexibility index (Phi) is 4.07. The third-order valence-electron chi connectivity index (χ3n) is 2.72. The van der Waals surface area contributed by atoms with E-state index in [-0.39, 0.29) is 6.61 Å². The van der Waals surface area contributed by atoms with Gasteiger partial charge in [-0.1, -0.05) is 41.4 Å². The number of benzene rings is 2. The predicted octanol–water partition coefficient (Wildman–Crippen LogP) is 3.59. The molecule has 0 saturated carbocycles. The highest BCUT2D eigenvalue weighted by Crippen LogP contribution is 2.19. The lowest BCUT2D eigenvalue weighted by molar-refractivity contribution is 0.0474. The number of esters is 1. The van der Waals surface area contributed by atoms with Gasteiger partial charge in [-0.3, -0.25) is 0 Å². The molecule has 0 unspecified atom stereocenters. The molecule has 0 saturated heterocycles. The van der Waals surface area contributed by atoms with Crippen LogP contribution >= 0.6 is 11.6 Å². The predicted molar refractivity (Wildman–Crippen MR) is 76.2 cm³/mol. The Morgan fingerprint density at radius 3 is 2.53 bits per heavy atom. The molecule has 0 radical (unpaired) electrons. The van der Waals surface area contributed by atoms with Crippen LogP contribution in [0.5, 0.6) is 0 Å². The fourth-order valence-electron chi connectivity index (χ4n) is 1.63. The zero-order chi connectivity index (χ0) is 13.8. The van der Waals surface area contributed by atoms with E-state index in [0.29, 0.717) is 16.3 Å². The fraction of sp³-hybridized carbons (Fsp3) is 0.133. The van der Waals surface area contributed by atoms with Crippen molar-refractivity contribution in [3.63, 3.8) is 0 Å². The Bertz CT molecular complexity index is 594. The molecule has 19 heavy (non-hydrogen) atoms. The van der Waals surface area contributed by atoms with E-state index in [2.05, 4.69) is 0 Å². The molecule has 0 aromatic heterocycles. The van der Waals surface area contributed by atoms with Gasteiger partial charge in [-0.15, -0.1) is 0 Å². The number of ether oxygens (including phenoxy) is 1. The molecule has 0 aliphatic rings. The first-order valence-corrected chi connectivity index (χ1v) is 6.22. The van der Waals surface area contributed by atoms with Crippen LogP contribution in [0, 0.1) is 6.92 Å². The normalized spacial score (nSPS) is 10.2. The van der Waals surface area contributed by atoms with Gasteiger partial charge in [0.25, 0.3) is 0 Å². The van der Waals surface area contributed by atoms with Crippen molar-refractivity contribution in [3.8, 4) is 0 Å². The topological polar surface area (TPSA) is 52.3 Å². The number of hydrogen-bond acceptors (Lipinski definition) is 3. The van der Waals surface area contributed by atoms with Crippen LogP contribution in [0.15, 0.2) is 42.5 Å². The number of carbonyl (C=O) groups excluding carboxylic acids is 1. The summed E-state index contributed by atoms with van der Waals surface area (Å²) in [7, 11) is 0. The summed E-state index contributed by atoms with van der Waals surface area (Å²) in [6.45, 7) is 2.23. The largest absolute Gasteiger partial charge is 0.457 e. The van der Waals surface area contributed by atoms with E-state index in [0.717, 1.165) is 11.1 Å². The highest BCUT2D eigenvalue weighted by Gasteiger charge is 2.11. The standard InChI is InChI=1S/C15H14ClNO2/c1-10-2-4-11(5-3-10)9-19-15(18)13-7-6-12(16)8-14(13)17/h2-8H,9,17H2,1H3. The van der Waals surface area contributed by atoms with Crippen molar-refractivity contribution in [1.82, 2.24) is 0 Å². The maximum absolute atomic E-state index is 11.9. The van der Waals surface area contributed by atoms with Crippen molar-refractivity contribution < 1.29 is 9.53 Å². The molecule has 0 aliphatic carbocycles. The molecular weight excluding hydrogens is 262 g/mol. The minimum absolute atomic E-state index is 0.223. The lowest BCUT2D eigenvalue weighted by Gasteiger charge is -2.07. The number of nitrogen functional groups attached to an aromatic ring is 1. The molecule has 0 heterocycles. The Morgan fingerprint density at radius 1 is 1.21 bits per heavy atom. The summed E-state index contributed by atoms with van der Waals surface area (Å²) in [5, 5.41) is 0.493. The molecule has 0 bridgehead atoms. The fourth-order valence-corrected chi connectivity index (χ4v) is 1.81. The van der Waals surface area contributed by atoms with Gasteiger partial charge in [-0.05, 0) is 30.7 Å². The van der Waals surface area contributed by atoms with Crippen LogP contribution in [-0.4, -0.2) is 5.97 Å². The van der Waals surface area contributed by atoms with Crippen molar-refractivity contribution >= 4 is 23.3 Å². The minimum atomic E-state index is -0.449. The Labute approximate surface area is 117 Å². The monoisotopic (exact) mass is 275 g/mol. The van der Waals surface area contributed by atoms with Crippen LogP contribution in [0.4, 0.5) is 5.69 Å². The van der Waals surface area contributed by atoms with E-state index in [9.17, 15) is 4.79 Å². The van der Waals surface area contributed by atoms with Crippen LogP contribution in [0.2, 0.25) is 5.02 Å². The van der Waals surface area contributed by atoms with Gasteiger partial charge in [0.2, 0.25) is 0 Å². The lowest BCUT2D eigenvalue weighted by atomic mass is 10.1. The third kappa shape index (κ3) is 3.48. The Hall–Kier alpha value is -2.00. The molecule has 2 rings (SSSR count). The Morgan fingerprint density at radius 2 is 1.89 bits per heavy atom. The number of rotatable bonds is 3. The van der Waals surface area contributed by atoms with Gasteiger partial charge >= 0.3 is 5.97 Å². The molecule has 2 N–H and O–H groups in total. The summed E-state index contributed by atoms with van der Waals surface area (Å²) in [5.41, 5.74) is 8.48. The molecule has 2 aromatic rings. The van der Waals surface area contributed by atoms with Crippen LogP contribution < -0.4 is 5.73 Å². The van der Waals surface area contributed by atoms with Crippen LogP contribution in [0.3, 0.4) is 0 Å². The highest BCUT2D eigenvalue weighted by molar-refractivity contribution is 6.31. The summed E-state index contributed by atoms with van der Waals surface area (Å²) in [4.78, 5) is 11.9. The number of nitrogens with two attached hydrogens (primary N) is 1. The van der Waals surface area contributed by atoms with E-state index in [1.807, 2.05) is 31.2 Å². The third-order valence-corrected chi connectivity index (χ3v) is 2.96. The van der Waals surface area contributed by atoms with Gasteiger partial charge in [0.05, 0.1) is 5.56 Å². The van der Waals surface area contributed by atoms with Gasteiger partial charge in [-0.25, -0.2) is 4.79 Å². The van der Waals surface area contributed by atoms with Crippen LogP contribution in [0.1, 0.15) is 21.5 Å². The van der Waals surface area contributed by atoms with Crippen LogP contribution in [0.25, 0.3) is 0 Å². The van der Waals surface area contributed by atoms with Crippen molar-refractivity contribution in [2.24, 2.45) is 0 Å². The maximum atomic E-state index is 11.9. The first-order valence-electron chi connectivity index (χ1n) is 5.84. The van der Waals surface area contributed by atoms with Gasteiger partial charge in [-0.2, -0.15) is 0 Å². The summed E-state index contributed by atoms with van der Waals surface area (Å²) < 4.78 is 5.21. The average Bonchev–Trinajstić information content (AvgIpc) is 2.37. The second kappa shape index (κ2) is 5.76. The molecule has 4 heteroatoms. The van der Waals surface area contributed by atoms with Gasteiger partial charge in [0.1, 0.15) is 6.61 Å². The summed E-state index contributed by atoms with van der Waals surface area (Å²) in [6, 6.07) is 12.5. The molecule has 0 fully saturated rings. The molecule has 2 aromatic carbocycles. The molecule has 98 valence electrons. The number of anilines is 1. The zero-order valence-electron chi connectivity index (χ0n) is 10.5. The maximum Gasteiger partial charge on any atom is 0.340 e. The number of halogens is 1. The van der Waals surface area contributed by atoms with E-state index in [1.54, 1.807) is 12.1 Å². The van der Waals surface area contributed by atoms with Crippen LogP contribution in [-0.2, 0) is 11.3 Å². The van der Waals surface area contributed by atoms with Gasteiger partial charge in [0, 0.05) is 10.7 Å². The van der Waals surface area contributed by atoms with Crippen molar-refractivity contribution in [2.45, 2.75) is 13.5 Å². The molecule has 0 atom stereocenters. The summed E-state index contributed by atoms with van der Waals surface area (Å²) in [5.74, 6) is -0.449. The minimum Gasteiger partial charge on any atom is -0.457 e. The van der Waals surface area contributed by atoms with E-state index >= 15 is 0 Å². The summed E-state index contributed by atoms with van der Waals surface area (Å²) in [6.07, 6.45) is 0. The van der Waals surface area contributed by atoms with E-state index in [4.69, 9.17) is 22.1 Å². The van der Waals surface area contributed by atoms with Gasteiger partial charge in [0.15, 0.2) is 0 Å². The second-order valence-corrected chi connectivity index (χ2v) is 4.73. The smallest absolute Gasteiger partial charge is 0.340 e. The van der Waals surface area contributed by atoms with E-state index < -0.39 is 5.97 Å². The van der Waals surface area contributed by atoms with Crippen molar-refractivity contribution in [3.05, 3.63) is 64.2 Å².